The molecule has 0 N–H and O–H groups in total. The van der Waals surface area contributed by atoms with Gasteiger partial charge in [-0.25, -0.2) is 0 Å². The first-order chi connectivity index (χ1) is 9.56. The molecule has 2 atom stereocenters. The standard InChI is InChI=1S/C17H15ClO2/c1-10-3-4-13(9-11(10)2)15(19)17-16(20-17)12-5-7-14(18)8-6-12/h3-9,16-17H,1-2H3. The fourth-order valence-corrected chi connectivity index (χ4v) is 2.40. The van der Waals surface area contributed by atoms with Crippen LogP contribution in [0.3, 0.4) is 0 Å². The van der Waals surface area contributed by atoms with Crippen LogP contribution in [0.4, 0.5) is 0 Å². The van der Waals surface area contributed by atoms with Gasteiger partial charge in [-0.2, -0.15) is 0 Å². The summed E-state index contributed by atoms with van der Waals surface area (Å²) in [5.74, 6) is 0.0491. The maximum Gasteiger partial charge on any atom is 0.194 e. The van der Waals surface area contributed by atoms with E-state index in [1.54, 1.807) is 0 Å². The number of rotatable bonds is 3. The van der Waals surface area contributed by atoms with Crippen LogP contribution in [0.2, 0.25) is 5.02 Å². The van der Waals surface area contributed by atoms with Crippen LogP contribution in [0, 0.1) is 13.8 Å². The van der Waals surface area contributed by atoms with Gasteiger partial charge in [0.05, 0.1) is 0 Å². The first-order valence-corrected chi connectivity index (χ1v) is 6.96. The van der Waals surface area contributed by atoms with Gasteiger partial charge in [0.25, 0.3) is 0 Å². The highest BCUT2D eigenvalue weighted by molar-refractivity contribution is 6.30. The molecule has 1 aliphatic rings. The first-order valence-electron chi connectivity index (χ1n) is 6.58. The molecule has 1 fully saturated rings. The van der Waals surface area contributed by atoms with E-state index in [-0.39, 0.29) is 18.0 Å². The molecule has 2 unspecified atom stereocenters. The van der Waals surface area contributed by atoms with Gasteiger partial charge in [0.2, 0.25) is 0 Å². The van der Waals surface area contributed by atoms with Crippen molar-refractivity contribution in [1.29, 1.82) is 0 Å². The van der Waals surface area contributed by atoms with E-state index in [4.69, 9.17) is 16.3 Å². The molecule has 1 aliphatic heterocycles. The van der Waals surface area contributed by atoms with E-state index in [9.17, 15) is 4.79 Å². The van der Waals surface area contributed by atoms with Crippen molar-refractivity contribution in [3.8, 4) is 0 Å². The SMILES string of the molecule is Cc1ccc(C(=O)C2OC2c2ccc(Cl)cc2)cc1C. The number of benzene rings is 2. The number of epoxide rings is 1. The average molecular weight is 287 g/mol. The first kappa shape index (κ1) is 13.3. The van der Waals surface area contributed by atoms with Crippen molar-refractivity contribution in [3.05, 3.63) is 69.7 Å². The molecule has 0 radical (unpaired) electrons. The smallest absolute Gasteiger partial charge is 0.194 e. The van der Waals surface area contributed by atoms with Crippen LogP contribution in [0.25, 0.3) is 0 Å². The Balaban J connectivity index is 1.77. The Labute approximate surface area is 123 Å². The molecular formula is C17H15ClO2. The summed E-state index contributed by atoms with van der Waals surface area (Å²) in [5, 5.41) is 0.687. The number of hydrogen-bond acceptors (Lipinski definition) is 2. The highest BCUT2D eigenvalue weighted by Crippen LogP contribution is 2.41. The Bertz CT molecular complexity index is 661. The lowest BCUT2D eigenvalue weighted by atomic mass is 9.99. The van der Waals surface area contributed by atoms with Crippen molar-refractivity contribution in [1.82, 2.24) is 0 Å². The van der Waals surface area contributed by atoms with Crippen molar-refractivity contribution >= 4 is 17.4 Å². The lowest BCUT2D eigenvalue weighted by Gasteiger charge is -2.03. The fraction of sp³-hybridized carbons (Fsp3) is 0.235. The minimum Gasteiger partial charge on any atom is -0.356 e. The number of carbonyl (C=O) groups is 1. The number of ketones is 1. The summed E-state index contributed by atoms with van der Waals surface area (Å²) in [6, 6.07) is 13.2. The minimum atomic E-state index is -0.363. The van der Waals surface area contributed by atoms with E-state index < -0.39 is 0 Å². The fourth-order valence-electron chi connectivity index (χ4n) is 2.28. The highest BCUT2D eigenvalue weighted by atomic mass is 35.5. The Morgan fingerprint density at radius 2 is 1.75 bits per heavy atom. The molecule has 3 heteroatoms. The molecule has 0 bridgehead atoms. The van der Waals surface area contributed by atoms with Crippen molar-refractivity contribution < 1.29 is 9.53 Å². The molecule has 2 nitrogen and oxygen atoms in total. The zero-order valence-electron chi connectivity index (χ0n) is 11.4. The van der Waals surface area contributed by atoms with E-state index in [1.165, 1.54) is 5.56 Å². The summed E-state index contributed by atoms with van der Waals surface area (Å²) in [5.41, 5.74) is 4.03. The molecule has 0 saturated carbocycles. The second-order valence-corrected chi connectivity index (χ2v) is 5.63. The van der Waals surface area contributed by atoms with Gasteiger partial charge >= 0.3 is 0 Å². The minimum absolute atomic E-state index is 0.0491. The Morgan fingerprint density at radius 3 is 2.40 bits per heavy atom. The van der Waals surface area contributed by atoms with Crippen LogP contribution in [0.15, 0.2) is 42.5 Å². The molecular weight excluding hydrogens is 272 g/mol. The predicted molar refractivity (Wildman–Crippen MR) is 79.3 cm³/mol. The maximum atomic E-state index is 12.4. The van der Waals surface area contributed by atoms with E-state index in [1.807, 2.05) is 56.3 Å². The monoisotopic (exact) mass is 286 g/mol. The van der Waals surface area contributed by atoms with Gasteiger partial charge in [-0.05, 0) is 48.7 Å². The molecule has 1 saturated heterocycles. The lowest BCUT2D eigenvalue weighted by Crippen LogP contribution is -2.08. The van der Waals surface area contributed by atoms with Crippen LogP contribution < -0.4 is 0 Å². The number of aryl methyl sites for hydroxylation is 2. The van der Waals surface area contributed by atoms with Gasteiger partial charge in [0, 0.05) is 10.6 Å². The molecule has 1 heterocycles. The molecule has 2 aromatic carbocycles. The topological polar surface area (TPSA) is 29.6 Å². The number of Topliss-reactive ketones (excluding diaryl/α,β-unsaturated/α-hetero) is 1. The van der Waals surface area contributed by atoms with Gasteiger partial charge < -0.3 is 4.74 Å². The van der Waals surface area contributed by atoms with Gasteiger partial charge in [0.1, 0.15) is 6.10 Å². The summed E-state index contributed by atoms with van der Waals surface area (Å²) in [7, 11) is 0. The number of hydrogen-bond donors (Lipinski definition) is 0. The number of ether oxygens (including phenoxy) is 1. The van der Waals surface area contributed by atoms with Crippen molar-refractivity contribution in [2.24, 2.45) is 0 Å². The Morgan fingerprint density at radius 1 is 1.05 bits per heavy atom. The quantitative estimate of drug-likeness (QED) is 0.622. The van der Waals surface area contributed by atoms with Gasteiger partial charge in [0.15, 0.2) is 11.9 Å². The van der Waals surface area contributed by atoms with Gasteiger partial charge in [-0.3, -0.25) is 4.79 Å². The van der Waals surface area contributed by atoms with Crippen LogP contribution in [-0.4, -0.2) is 11.9 Å². The van der Waals surface area contributed by atoms with Crippen LogP contribution in [-0.2, 0) is 4.74 Å². The van der Waals surface area contributed by atoms with Crippen LogP contribution in [0.1, 0.15) is 33.2 Å². The zero-order chi connectivity index (χ0) is 14.3. The zero-order valence-corrected chi connectivity index (χ0v) is 12.1. The predicted octanol–water partition coefficient (Wildman–Crippen LogP) is 4.28. The van der Waals surface area contributed by atoms with Crippen molar-refractivity contribution in [2.45, 2.75) is 26.1 Å². The van der Waals surface area contributed by atoms with Crippen molar-refractivity contribution in [2.75, 3.05) is 0 Å². The summed E-state index contributed by atoms with van der Waals surface area (Å²) in [6.45, 7) is 4.05. The summed E-state index contributed by atoms with van der Waals surface area (Å²) < 4.78 is 5.54. The Kier molecular flexibility index (Phi) is 3.36. The number of carbonyl (C=O) groups excluding carboxylic acids is 1. The molecule has 3 rings (SSSR count). The van der Waals surface area contributed by atoms with Crippen molar-refractivity contribution in [3.63, 3.8) is 0 Å². The molecule has 0 aliphatic carbocycles. The number of halogens is 1. The third-order valence-electron chi connectivity index (χ3n) is 3.74. The average Bonchev–Trinajstić information content (AvgIpc) is 3.22. The van der Waals surface area contributed by atoms with E-state index in [0.29, 0.717) is 5.02 Å². The summed E-state index contributed by atoms with van der Waals surface area (Å²) >= 11 is 5.86. The van der Waals surface area contributed by atoms with E-state index in [2.05, 4.69) is 0 Å². The molecule has 0 amide bonds. The van der Waals surface area contributed by atoms with Crippen LogP contribution >= 0.6 is 11.6 Å². The second kappa shape index (κ2) is 5.04. The second-order valence-electron chi connectivity index (χ2n) is 5.19. The van der Waals surface area contributed by atoms with E-state index >= 15 is 0 Å². The molecule has 0 spiro atoms. The highest BCUT2D eigenvalue weighted by Gasteiger charge is 2.46. The molecule has 2 aromatic rings. The molecule has 20 heavy (non-hydrogen) atoms. The Hall–Kier alpha value is -1.64. The third kappa shape index (κ3) is 2.49. The normalized spacial score (nSPS) is 20.8. The maximum absolute atomic E-state index is 12.4. The summed E-state index contributed by atoms with van der Waals surface area (Å²) in [6.07, 6.45) is -0.500. The van der Waals surface area contributed by atoms with Crippen LogP contribution in [0.5, 0.6) is 0 Å². The molecule has 0 aromatic heterocycles. The summed E-state index contributed by atoms with van der Waals surface area (Å²) in [4.78, 5) is 12.4. The largest absolute Gasteiger partial charge is 0.356 e. The lowest BCUT2D eigenvalue weighted by molar-refractivity contribution is 0.0953. The third-order valence-corrected chi connectivity index (χ3v) is 3.99. The van der Waals surface area contributed by atoms with Gasteiger partial charge in [-0.1, -0.05) is 35.9 Å². The van der Waals surface area contributed by atoms with Gasteiger partial charge in [-0.15, -0.1) is 0 Å². The van der Waals surface area contributed by atoms with E-state index in [0.717, 1.165) is 16.7 Å². The molecule has 102 valence electrons.